The lowest BCUT2D eigenvalue weighted by Gasteiger charge is -2.20. The molecule has 0 aliphatic carbocycles. The summed E-state index contributed by atoms with van der Waals surface area (Å²) in [6.07, 6.45) is 6.44. The molecule has 0 saturated carbocycles. The molecule has 0 aromatic carbocycles. The number of carbonyl (C=O) groups is 1. The zero-order valence-corrected chi connectivity index (χ0v) is 8.72. The Balaban J connectivity index is 2.45. The van der Waals surface area contributed by atoms with Crippen molar-refractivity contribution in [2.75, 3.05) is 0 Å². The van der Waals surface area contributed by atoms with E-state index in [1.807, 2.05) is 19.9 Å². The van der Waals surface area contributed by atoms with Crippen LogP contribution in [0.1, 0.15) is 46.5 Å². The number of cyclic esters (lactones) is 1. The number of ether oxygens (including phenoxy) is 1. The summed E-state index contributed by atoms with van der Waals surface area (Å²) in [4.78, 5) is 11.1. The first-order valence-corrected chi connectivity index (χ1v) is 5.00. The average molecular weight is 182 g/mol. The molecule has 2 heteroatoms. The Hall–Kier alpha value is -0.790. The van der Waals surface area contributed by atoms with Crippen LogP contribution in [0.4, 0.5) is 0 Å². The molecule has 1 heterocycles. The van der Waals surface area contributed by atoms with E-state index in [0.29, 0.717) is 0 Å². The van der Waals surface area contributed by atoms with Gasteiger partial charge in [-0.25, -0.2) is 4.79 Å². The number of hydrogen-bond donors (Lipinski definition) is 0. The quantitative estimate of drug-likeness (QED) is 0.493. The lowest BCUT2D eigenvalue weighted by atomic mass is 9.98. The van der Waals surface area contributed by atoms with Crippen LogP contribution >= 0.6 is 0 Å². The first kappa shape index (κ1) is 10.3. The van der Waals surface area contributed by atoms with Crippen LogP contribution in [0.2, 0.25) is 0 Å². The second-order valence-electron chi connectivity index (χ2n) is 3.99. The van der Waals surface area contributed by atoms with Crippen LogP contribution in [0.25, 0.3) is 0 Å². The molecule has 1 rings (SSSR count). The van der Waals surface area contributed by atoms with Gasteiger partial charge in [0.25, 0.3) is 0 Å². The van der Waals surface area contributed by atoms with E-state index in [-0.39, 0.29) is 11.6 Å². The number of carbonyl (C=O) groups excluding carboxylic acids is 1. The van der Waals surface area contributed by atoms with Gasteiger partial charge in [-0.05, 0) is 32.8 Å². The Kier molecular flexibility index (Phi) is 3.12. The fourth-order valence-corrected chi connectivity index (χ4v) is 1.69. The van der Waals surface area contributed by atoms with Gasteiger partial charge in [0.05, 0.1) is 0 Å². The van der Waals surface area contributed by atoms with Crippen molar-refractivity contribution >= 4 is 5.97 Å². The minimum Gasteiger partial charge on any atom is -0.452 e. The molecular formula is C11H18O2. The first-order chi connectivity index (χ1) is 6.07. The van der Waals surface area contributed by atoms with E-state index in [4.69, 9.17) is 4.74 Å². The first-order valence-electron chi connectivity index (χ1n) is 5.00. The molecule has 0 N–H and O–H groups in total. The third-order valence-electron chi connectivity index (χ3n) is 2.45. The molecule has 2 nitrogen and oxygen atoms in total. The van der Waals surface area contributed by atoms with Gasteiger partial charge in [0.1, 0.15) is 5.60 Å². The highest BCUT2D eigenvalue weighted by molar-refractivity contribution is 5.90. The van der Waals surface area contributed by atoms with E-state index in [1.54, 1.807) is 0 Å². The van der Waals surface area contributed by atoms with Crippen molar-refractivity contribution in [1.82, 2.24) is 0 Å². The monoisotopic (exact) mass is 182 g/mol. The van der Waals surface area contributed by atoms with Crippen molar-refractivity contribution < 1.29 is 9.53 Å². The van der Waals surface area contributed by atoms with Crippen LogP contribution in [0.5, 0.6) is 0 Å². The van der Waals surface area contributed by atoms with Gasteiger partial charge < -0.3 is 4.74 Å². The van der Waals surface area contributed by atoms with Crippen molar-refractivity contribution in [2.24, 2.45) is 0 Å². The van der Waals surface area contributed by atoms with Crippen LogP contribution in [0.15, 0.2) is 11.6 Å². The molecule has 0 radical (unpaired) electrons. The van der Waals surface area contributed by atoms with Gasteiger partial charge in [-0.2, -0.15) is 0 Å². The molecule has 0 aromatic heterocycles. The maximum absolute atomic E-state index is 11.1. The van der Waals surface area contributed by atoms with Crippen LogP contribution < -0.4 is 0 Å². The van der Waals surface area contributed by atoms with E-state index in [0.717, 1.165) is 18.4 Å². The summed E-state index contributed by atoms with van der Waals surface area (Å²) in [6, 6.07) is 0. The van der Waals surface area contributed by atoms with E-state index >= 15 is 0 Å². The molecule has 0 bridgehead atoms. The molecule has 0 aromatic rings. The van der Waals surface area contributed by atoms with E-state index < -0.39 is 0 Å². The summed E-state index contributed by atoms with van der Waals surface area (Å²) in [5, 5.41) is 0. The molecule has 1 aliphatic rings. The molecule has 0 amide bonds. The zero-order valence-electron chi connectivity index (χ0n) is 8.72. The van der Waals surface area contributed by atoms with E-state index in [2.05, 4.69) is 6.92 Å². The molecule has 1 aliphatic heterocycles. The molecule has 0 saturated heterocycles. The van der Waals surface area contributed by atoms with E-state index in [1.165, 1.54) is 12.8 Å². The number of rotatable bonds is 4. The topological polar surface area (TPSA) is 26.3 Å². The second kappa shape index (κ2) is 3.95. The summed E-state index contributed by atoms with van der Waals surface area (Å²) < 4.78 is 5.28. The fourth-order valence-electron chi connectivity index (χ4n) is 1.69. The van der Waals surface area contributed by atoms with Crippen molar-refractivity contribution in [3.05, 3.63) is 11.6 Å². The highest BCUT2D eigenvalue weighted by Gasteiger charge is 2.32. The van der Waals surface area contributed by atoms with Crippen LogP contribution in [0.3, 0.4) is 0 Å². The predicted octanol–water partition coefficient (Wildman–Crippen LogP) is 2.83. The van der Waals surface area contributed by atoms with Crippen molar-refractivity contribution in [1.29, 1.82) is 0 Å². The SMILES string of the molecule is CCCCCC1(C)C=C(C)C(=O)O1. The van der Waals surface area contributed by atoms with Gasteiger partial charge in [0.15, 0.2) is 0 Å². The molecule has 1 atom stereocenters. The number of unbranched alkanes of at least 4 members (excludes halogenated alkanes) is 2. The Morgan fingerprint density at radius 3 is 2.62 bits per heavy atom. The lowest BCUT2D eigenvalue weighted by Crippen LogP contribution is -2.23. The summed E-state index contributed by atoms with van der Waals surface area (Å²) >= 11 is 0. The van der Waals surface area contributed by atoms with Gasteiger partial charge in [0.2, 0.25) is 0 Å². The summed E-state index contributed by atoms with van der Waals surface area (Å²) in [7, 11) is 0. The third-order valence-corrected chi connectivity index (χ3v) is 2.45. The zero-order chi connectivity index (χ0) is 9.90. The Morgan fingerprint density at radius 2 is 2.15 bits per heavy atom. The molecule has 0 fully saturated rings. The Morgan fingerprint density at radius 1 is 1.46 bits per heavy atom. The predicted molar refractivity (Wildman–Crippen MR) is 52.4 cm³/mol. The lowest BCUT2D eigenvalue weighted by molar-refractivity contribution is -0.145. The normalized spacial score (nSPS) is 27.3. The Bertz CT molecular complexity index is 230. The molecule has 1 unspecified atom stereocenters. The number of esters is 1. The highest BCUT2D eigenvalue weighted by atomic mass is 16.6. The smallest absolute Gasteiger partial charge is 0.334 e. The average Bonchev–Trinajstić information content (AvgIpc) is 2.27. The van der Waals surface area contributed by atoms with Gasteiger partial charge in [-0.3, -0.25) is 0 Å². The van der Waals surface area contributed by atoms with Crippen molar-refractivity contribution in [2.45, 2.75) is 52.1 Å². The van der Waals surface area contributed by atoms with Crippen molar-refractivity contribution in [3.63, 3.8) is 0 Å². The minimum absolute atomic E-state index is 0.154. The van der Waals surface area contributed by atoms with Gasteiger partial charge in [-0.1, -0.05) is 19.8 Å². The summed E-state index contributed by atoms with van der Waals surface area (Å²) in [5.41, 5.74) is 0.426. The standard InChI is InChI=1S/C11H18O2/c1-4-5-6-7-11(3)8-9(2)10(12)13-11/h8H,4-7H2,1-3H3. The molecule has 0 spiro atoms. The minimum atomic E-state index is -0.323. The molecule has 74 valence electrons. The van der Waals surface area contributed by atoms with Gasteiger partial charge in [-0.15, -0.1) is 0 Å². The van der Waals surface area contributed by atoms with Crippen molar-refractivity contribution in [3.8, 4) is 0 Å². The third kappa shape index (κ3) is 2.58. The van der Waals surface area contributed by atoms with Gasteiger partial charge >= 0.3 is 5.97 Å². The van der Waals surface area contributed by atoms with E-state index in [9.17, 15) is 4.79 Å². The molecular weight excluding hydrogens is 164 g/mol. The second-order valence-corrected chi connectivity index (χ2v) is 3.99. The van der Waals surface area contributed by atoms with Crippen LogP contribution in [0, 0.1) is 0 Å². The van der Waals surface area contributed by atoms with Crippen LogP contribution in [-0.4, -0.2) is 11.6 Å². The summed E-state index contributed by atoms with van der Waals surface area (Å²) in [6.45, 7) is 5.97. The maximum atomic E-state index is 11.1. The Labute approximate surface area is 80.0 Å². The number of hydrogen-bond acceptors (Lipinski definition) is 2. The van der Waals surface area contributed by atoms with Gasteiger partial charge in [0, 0.05) is 5.57 Å². The summed E-state index contributed by atoms with van der Waals surface area (Å²) in [5.74, 6) is -0.154. The van der Waals surface area contributed by atoms with Crippen LogP contribution in [-0.2, 0) is 9.53 Å². The maximum Gasteiger partial charge on any atom is 0.334 e. The highest BCUT2D eigenvalue weighted by Crippen LogP contribution is 2.29. The fraction of sp³-hybridized carbons (Fsp3) is 0.727. The largest absolute Gasteiger partial charge is 0.452 e. The molecule has 13 heavy (non-hydrogen) atoms.